The van der Waals surface area contributed by atoms with E-state index in [-0.39, 0.29) is 6.61 Å². The molecular formula is C11H11ClO2. The van der Waals surface area contributed by atoms with Gasteiger partial charge in [-0.2, -0.15) is 0 Å². The van der Waals surface area contributed by atoms with Crippen LogP contribution in [0.25, 0.3) is 0 Å². The summed E-state index contributed by atoms with van der Waals surface area (Å²) in [6, 6.07) is 9.49. The molecule has 0 spiro atoms. The summed E-state index contributed by atoms with van der Waals surface area (Å²) in [5.41, 5.74) is 0.960. The highest BCUT2D eigenvalue weighted by molar-refractivity contribution is 6.30. The number of carbonyl (C=O) groups excluding carboxylic acids is 1. The maximum atomic E-state index is 11.0. The van der Waals surface area contributed by atoms with Crippen molar-refractivity contribution in [1.29, 1.82) is 0 Å². The van der Waals surface area contributed by atoms with Crippen LogP contribution >= 0.6 is 11.6 Å². The fraction of sp³-hybridized carbons (Fsp3) is 0.182. The van der Waals surface area contributed by atoms with Gasteiger partial charge >= 0.3 is 5.97 Å². The largest absolute Gasteiger partial charge is 0.458 e. The van der Waals surface area contributed by atoms with Crippen molar-refractivity contribution in [2.45, 2.75) is 13.5 Å². The van der Waals surface area contributed by atoms with Gasteiger partial charge in [-0.3, -0.25) is 0 Å². The number of benzene rings is 1. The van der Waals surface area contributed by atoms with Gasteiger partial charge in [0.15, 0.2) is 0 Å². The fourth-order valence-corrected chi connectivity index (χ4v) is 1.02. The van der Waals surface area contributed by atoms with Gasteiger partial charge in [0.25, 0.3) is 0 Å². The monoisotopic (exact) mass is 210 g/mol. The third-order valence-electron chi connectivity index (χ3n) is 1.54. The van der Waals surface area contributed by atoms with Crippen molar-refractivity contribution in [2.24, 2.45) is 0 Å². The summed E-state index contributed by atoms with van der Waals surface area (Å²) in [5, 5.41) is 0.420. The van der Waals surface area contributed by atoms with Gasteiger partial charge in [0, 0.05) is 11.1 Å². The minimum absolute atomic E-state index is 0.278. The summed E-state index contributed by atoms with van der Waals surface area (Å²) in [7, 11) is 0. The number of carbonyl (C=O) groups is 1. The Morgan fingerprint density at radius 1 is 1.43 bits per heavy atom. The molecule has 0 aliphatic heterocycles. The van der Waals surface area contributed by atoms with Crippen LogP contribution in [0.15, 0.2) is 41.4 Å². The van der Waals surface area contributed by atoms with Crippen molar-refractivity contribution in [3.8, 4) is 0 Å². The van der Waals surface area contributed by atoms with Crippen LogP contribution in [0.4, 0.5) is 0 Å². The molecule has 1 rings (SSSR count). The average Bonchev–Trinajstić information content (AvgIpc) is 2.15. The molecule has 0 saturated carbocycles. The van der Waals surface area contributed by atoms with Gasteiger partial charge < -0.3 is 4.74 Å². The first-order valence-corrected chi connectivity index (χ1v) is 4.61. The van der Waals surface area contributed by atoms with E-state index in [1.165, 1.54) is 6.08 Å². The Balaban J connectivity index is 2.42. The first kappa shape index (κ1) is 10.8. The summed E-state index contributed by atoms with van der Waals surface area (Å²) in [6.07, 6.45) is 1.25. The van der Waals surface area contributed by atoms with Gasteiger partial charge in [-0.15, -0.1) is 0 Å². The smallest absolute Gasteiger partial charge is 0.332 e. The summed E-state index contributed by atoms with van der Waals surface area (Å²) < 4.78 is 4.94. The molecule has 0 amide bonds. The van der Waals surface area contributed by atoms with Crippen molar-refractivity contribution >= 4 is 17.6 Å². The predicted octanol–water partition coefficient (Wildman–Crippen LogP) is 2.87. The first-order valence-electron chi connectivity index (χ1n) is 4.23. The van der Waals surface area contributed by atoms with E-state index in [9.17, 15) is 4.79 Å². The Labute approximate surface area is 88.1 Å². The zero-order valence-electron chi connectivity index (χ0n) is 7.87. The van der Waals surface area contributed by atoms with Gasteiger partial charge in [0.2, 0.25) is 0 Å². The van der Waals surface area contributed by atoms with E-state index in [1.54, 1.807) is 6.92 Å². The maximum absolute atomic E-state index is 11.0. The molecule has 1 aromatic rings. The summed E-state index contributed by atoms with van der Waals surface area (Å²) >= 11 is 5.51. The maximum Gasteiger partial charge on any atom is 0.332 e. The second kappa shape index (κ2) is 5.45. The van der Waals surface area contributed by atoms with E-state index in [0.717, 1.165) is 5.56 Å². The minimum atomic E-state index is -0.415. The lowest BCUT2D eigenvalue weighted by atomic mass is 10.2. The molecule has 2 nitrogen and oxygen atoms in total. The predicted molar refractivity (Wildman–Crippen MR) is 55.8 cm³/mol. The van der Waals surface area contributed by atoms with E-state index in [4.69, 9.17) is 16.3 Å². The summed E-state index contributed by atoms with van der Waals surface area (Å²) in [6.45, 7) is 1.91. The Bertz CT molecular complexity index is 326. The molecule has 0 atom stereocenters. The van der Waals surface area contributed by atoms with Crippen LogP contribution in [0.1, 0.15) is 12.5 Å². The third kappa shape index (κ3) is 4.10. The van der Waals surface area contributed by atoms with Crippen LogP contribution in [0, 0.1) is 0 Å². The zero-order chi connectivity index (χ0) is 10.4. The Kier molecular flexibility index (Phi) is 4.20. The first-order chi connectivity index (χ1) is 6.68. The molecule has 0 N–H and O–H groups in total. The number of hydrogen-bond acceptors (Lipinski definition) is 2. The molecule has 74 valence electrons. The standard InChI is InChI=1S/C11H11ClO2/c1-9(12)7-11(13)14-8-10-5-3-2-4-6-10/h2-7H,8H2,1H3. The molecule has 0 saturated heterocycles. The van der Waals surface area contributed by atoms with Gasteiger partial charge in [-0.25, -0.2) is 4.79 Å². The van der Waals surface area contributed by atoms with Crippen LogP contribution in [0.3, 0.4) is 0 Å². The molecular weight excluding hydrogens is 200 g/mol. The number of ether oxygens (including phenoxy) is 1. The second-order valence-electron chi connectivity index (χ2n) is 2.82. The summed E-state index contributed by atoms with van der Waals surface area (Å²) in [5.74, 6) is -0.415. The molecule has 14 heavy (non-hydrogen) atoms. The lowest BCUT2D eigenvalue weighted by molar-refractivity contribution is -0.139. The van der Waals surface area contributed by atoms with E-state index in [2.05, 4.69) is 0 Å². The highest BCUT2D eigenvalue weighted by Crippen LogP contribution is 2.03. The van der Waals surface area contributed by atoms with Crippen molar-refractivity contribution in [1.82, 2.24) is 0 Å². The number of allylic oxidation sites excluding steroid dienone is 1. The average molecular weight is 211 g/mol. The van der Waals surface area contributed by atoms with Crippen LogP contribution in [0.5, 0.6) is 0 Å². The molecule has 0 unspecified atom stereocenters. The third-order valence-corrected chi connectivity index (χ3v) is 1.65. The molecule has 0 heterocycles. The topological polar surface area (TPSA) is 26.3 Å². The summed E-state index contributed by atoms with van der Waals surface area (Å²) in [4.78, 5) is 11.0. The van der Waals surface area contributed by atoms with E-state index < -0.39 is 5.97 Å². The molecule has 0 aromatic heterocycles. The number of halogens is 1. The van der Waals surface area contributed by atoms with E-state index in [1.807, 2.05) is 30.3 Å². The Morgan fingerprint density at radius 3 is 2.64 bits per heavy atom. The van der Waals surface area contributed by atoms with Gasteiger partial charge in [0.05, 0.1) is 0 Å². The highest BCUT2D eigenvalue weighted by atomic mass is 35.5. The van der Waals surface area contributed by atoms with Crippen molar-refractivity contribution in [3.05, 3.63) is 47.0 Å². The molecule has 1 aromatic carbocycles. The second-order valence-corrected chi connectivity index (χ2v) is 3.42. The van der Waals surface area contributed by atoms with Gasteiger partial charge in [-0.1, -0.05) is 41.9 Å². The van der Waals surface area contributed by atoms with Crippen molar-refractivity contribution in [2.75, 3.05) is 0 Å². The molecule has 0 radical (unpaired) electrons. The lowest BCUT2D eigenvalue weighted by Crippen LogP contribution is -2.00. The van der Waals surface area contributed by atoms with E-state index >= 15 is 0 Å². The van der Waals surface area contributed by atoms with Gasteiger partial charge in [-0.05, 0) is 12.5 Å². The lowest BCUT2D eigenvalue weighted by Gasteiger charge is -2.01. The number of rotatable bonds is 3. The van der Waals surface area contributed by atoms with Gasteiger partial charge in [0.1, 0.15) is 6.61 Å². The molecule has 0 bridgehead atoms. The van der Waals surface area contributed by atoms with Crippen LogP contribution in [-0.4, -0.2) is 5.97 Å². The minimum Gasteiger partial charge on any atom is -0.458 e. The van der Waals surface area contributed by atoms with Crippen LogP contribution in [0.2, 0.25) is 0 Å². The van der Waals surface area contributed by atoms with E-state index in [0.29, 0.717) is 5.03 Å². The van der Waals surface area contributed by atoms with Crippen molar-refractivity contribution in [3.63, 3.8) is 0 Å². The number of hydrogen-bond donors (Lipinski definition) is 0. The Morgan fingerprint density at radius 2 is 2.07 bits per heavy atom. The molecule has 3 heteroatoms. The quantitative estimate of drug-likeness (QED) is 0.567. The molecule has 0 aliphatic carbocycles. The number of esters is 1. The Hall–Kier alpha value is -1.28. The SMILES string of the molecule is CC(Cl)=CC(=O)OCc1ccccc1. The molecule has 0 aliphatic rings. The van der Waals surface area contributed by atoms with Crippen molar-refractivity contribution < 1.29 is 9.53 Å². The van der Waals surface area contributed by atoms with Crippen LogP contribution in [-0.2, 0) is 16.1 Å². The fourth-order valence-electron chi connectivity index (χ4n) is 0.933. The zero-order valence-corrected chi connectivity index (χ0v) is 8.62. The highest BCUT2D eigenvalue weighted by Gasteiger charge is 1.98. The molecule has 0 fully saturated rings. The normalized spacial score (nSPS) is 11.1. The van der Waals surface area contributed by atoms with Crippen LogP contribution < -0.4 is 0 Å².